The summed E-state index contributed by atoms with van der Waals surface area (Å²) >= 11 is 0. The van der Waals surface area contributed by atoms with Crippen molar-refractivity contribution in [2.45, 2.75) is 13.3 Å². The van der Waals surface area contributed by atoms with E-state index >= 15 is 0 Å². The van der Waals surface area contributed by atoms with Gasteiger partial charge in [0.1, 0.15) is 5.82 Å². The number of carboxylic acid groups (broad SMARTS) is 1. The van der Waals surface area contributed by atoms with Gasteiger partial charge in [0.2, 0.25) is 5.95 Å². The van der Waals surface area contributed by atoms with Crippen LogP contribution in [-0.2, 0) is 0 Å². The van der Waals surface area contributed by atoms with Gasteiger partial charge >= 0.3 is 5.97 Å². The Balaban J connectivity index is 2.05. The molecule has 0 spiro atoms. The third kappa shape index (κ3) is 5.51. The average molecular weight is 329 g/mol. The molecule has 1 heterocycles. The third-order valence-electron chi connectivity index (χ3n) is 3.30. The zero-order chi connectivity index (χ0) is 17.5. The quantitative estimate of drug-likeness (QED) is 0.641. The van der Waals surface area contributed by atoms with Gasteiger partial charge in [-0.15, -0.1) is 0 Å². The molecule has 3 N–H and O–H groups in total. The van der Waals surface area contributed by atoms with E-state index in [0.29, 0.717) is 17.5 Å². The summed E-state index contributed by atoms with van der Waals surface area (Å²) in [5, 5.41) is 15.4. The number of carboxylic acids is 1. The van der Waals surface area contributed by atoms with Gasteiger partial charge in [-0.25, -0.2) is 9.78 Å². The Labute approximate surface area is 141 Å². The molecule has 24 heavy (non-hydrogen) atoms. The summed E-state index contributed by atoms with van der Waals surface area (Å²) in [6.45, 7) is 3.67. The summed E-state index contributed by atoms with van der Waals surface area (Å²) in [5.41, 5.74) is 1.73. The van der Waals surface area contributed by atoms with E-state index in [1.807, 2.05) is 27.1 Å². The van der Waals surface area contributed by atoms with Crippen molar-refractivity contribution in [2.75, 3.05) is 37.8 Å². The zero-order valence-electron chi connectivity index (χ0n) is 14.2. The fourth-order valence-corrected chi connectivity index (χ4v) is 2.18. The van der Waals surface area contributed by atoms with Crippen LogP contribution < -0.4 is 10.6 Å². The summed E-state index contributed by atoms with van der Waals surface area (Å²) in [6, 6.07) is 8.44. The lowest BCUT2D eigenvalue weighted by molar-refractivity contribution is 0.0697. The predicted molar refractivity (Wildman–Crippen MR) is 95.1 cm³/mol. The standard InChI is InChI=1S/C17H23N5O2/c1-12-10-15(20-14-7-4-6-13(11-14)16(23)24)21-17(19-12)18-8-5-9-22(2)3/h4,6-7,10-11H,5,8-9H2,1-3H3,(H,23,24)(H2,18,19,20,21). The summed E-state index contributed by atoms with van der Waals surface area (Å²) in [7, 11) is 4.08. The lowest BCUT2D eigenvalue weighted by atomic mass is 10.2. The Morgan fingerprint density at radius 1 is 1.25 bits per heavy atom. The van der Waals surface area contributed by atoms with Gasteiger partial charge < -0.3 is 20.6 Å². The number of nitrogens with one attached hydrogen (secondary N) is 2. The second-order valence-corrected chi connectivity index (χ2v) is 5.81. The number of nitrogens with zero attached hydrogens (tertiary/aromatic N) is 3. The van der Waals surface area contributed by atoms with E-state index in [1.165, 1.54) is 0 Å². The topological polar surface area (TPSA) is 90.4 Å². The van der Waals surface area contributed by atoms with Crippen molar-refractivity contribution in [3.8, 4) is 0 Å². The van der Waals surface area contributed by atoms with Gasteiger partial charge in [-0.3, -0.25) is 0 Å². The summed E-state index contributed by atoms with van der Waals surface area (Å²) in [6.07, 6.45) is 0.994. The van der Waals surface area contributed by atoms with Crippen LogP contribution in [0.4, 0.5) is 17.5 Å². The second-order valence-electron chi connectivity index (χ2n) is 5.81. The van der Waals surface area contributed by atoms with Crippen LogP contribution in [0.1, 0.15) is 22.5 Å². The molecule has 1 aromatic heterocycles. The van der Waals surface area contributed by atoms with E-state index in [-0.39, 0.29) is 5.56 Å². The Morgan fingerprint density at radius 3 is 2.75 bits per heavy atom. The molecule has 0 saturated heterocycles. The molecule has 0 fully saturated rings. The number of benzene rings is 1. The summed E-state index contributed by atoms with van der Waals surface area (Å²) in [4.78, 5) is 22.0. The molecule has 0 amide bonds. The third-order valence-corrected chi connectivity index (χ3v) is 3.30. The molecule has 2 aromatic rings. The number of aromatic nitrogens is 2. The molecule has 0 radical (unpaired) electrons. The summed E-state index contributed by atoms with van der Waals surface area (Å²) < 4.78 is 0. The van der Waals surface area contributed by atoms with E-state index in [9.17, 15) is 4.79 Å². The van der Waals surface area contributed by atoms with Crippen molar-refractivity contribution >= 4 is 23.4 Å². The van der Waals surface area contributed by atoms with E-state index in [2.05, 4.69) is 25.5 Å². The largest absolute Gasteiger partial charge is 0.478 e. The maximum Gasteiger partial charge on any atom is 0.335 e. The van der Waals surface area contributed by atoms with Crippen LogP contribution in [-0.4, -0.2) is 53.1 Å². The van der Waals surface area contributed by atoms with Gasteiger partial charge in [-0.05, 0) is 52.2 Å². The van der Waals surface area contributed by atoms with E-state index < -0.39 is 5.97 Å². The molecule has 0 aliphatic carbocycles. The molecule has 0 aliphatic heterocycles. The second kappa shape index (κ2) is 8.26. The fraction of sp³-hybridized carbons (Fsp3) is 0.353. The number of rotatable bonds is 8. The maximum absolute atomic E-state index is 11.0. The summed E-state index contributed by atoms with van der Waals surface area (Å²) in [5.74, 6) is 0.228. The molecule has 128 valence electrons. The van der Waals surface area contributed by atoms with E-state index in [1.54, 1.807) is 24.3 Å². The number of aryl methyl sites for hydroxylation is 1. The van der Waals surface area contributed by atoms with Crippen LogP contribution >= 0.6 is 0 Å². The molecule has 0 atom stereocenters. The van der Waals surface area contributed by atoms with Gasteiger partial charge in [0, 0.05) is 24.0 Å². The molecule has 1 aromatic carbocycles. The lowest BCUT2D eigenvalue weighted by Crippen LogP contribution is -2.17. The Morgan fingerprint density at radius 2 is 2.04 bits per heavy atom. The number of hydrogen-bond donors (Lipinski definition) is 3. The lowest BCUT2D eigenvalue weighted by Gasteiger charge is -2.12. The number of aromatic carboxylic acids is 1. The van der Waals surface area contributed by atoms with Crippen LogP contribution in [0.25, 0.3) is 0 Å². The van der Waals surface area contributed by atoms with E-state index in [4.69, 9.17) is 5.11 Å². The smallest absolute Gasteiger partial charge is 0.335 e. The van der Waals surface area contributed by atoms with Crippen molar-refractivity contribution in [1.82, 2.24) is 14.9 Å². The van der Waals surface area contributed by atoms with Gasteiger partial charge in [-0.1, -0.05) is 6.07 Å². The van der Waals surface area contributed by atoms with Crippen LogP contribution in [0.5, 0.6) is 0 Å². The molecule has 7 heteroatoms. The maximum atomic E-state index is 11.0. The first-order valence-corrected chi connectivity index (χ1v) is 7.79. The predicted octanol–water partition coefficient (Wildman–Crippen LogP) is 2.59. The fourth-order valence-electron chi connectivity index (χ4n) is 2.18. The first-order valence-electron chi connectivity index (χ1n) is 7.79. The van der Waals surface area contributed by atoms with Crippen LogP contribution in [0.15, 0.2) is 30.3 Å². The minimum Gasteiger partial charge on any atom is -0.478 e. The van der Waals surface area contributed by atoms with Crippen molar-refractivity contribution in [2.24, 2.45) is 0 Å². The van der Waals surface area contributed by atoms with Gasteiger partial charge in [0.05, 0.1) is 5.56 Å². The molecular formula is C17H23N5O2. The monoisotopic (exact) mass is 329 g/mol. The van der Waals surface area contributed by atoms with Crippen molar-refractivity contribution in [3.05, 3.63) is 41.6 Å². The number of anilines is 3. The van der Waals surface area contributed by atoms with Gasteiger partial charge in [0.15, 0.2) is 0 Å². The van der Waals surface area contributed by atoms with Crippen molar-refractivity contribution in [1.29, 1.82) is 0 Å². The van der Waals surface area contributed by atoms with Crippen molar-refractivity contribution < 1.29 is 9.90 Å². The first kappa shape index (κ1) is 17.7. The highest BCUT2D eigenvalue weighted by Crippen LogP contribution is 2.18. The molecule has 7 nitrogen and oxygen atoms in total. The average Bonchev–Trinajstić information content (AvgIpc) is 2.51. The van der Waals surface area contributed by atoms with Crippen molar-refractivity contribution in [3.63, 3.8) is 0 Å². The minimum absolute atomic E-state index is 0.229. The van der Waals surface area contributed by atoms with Crippen LogP contribution in [0.2, 0.25) is 0 Å². The Hall–Kier alpha value is -2.67. The Kier molecular flexibility index (Phi) is 6.08. The molecular weight excluding hydrogens is 306 g/mol. The highest BCUT2D eigenvalue weighted by atomic mass is 16.4. The highest BCUT2D eigenvalue weighted by Gasteiger charge is 2.06. The molecule has 0 aliphatic rings. The zero-order valence-corrected chi connectivity index (χ0v) is 14.2. The molecule has 0 unspecified atom stereocenters. The number of hydrogen-bond acceptors (Lipinski definition) is 6. The first-order chi connectivity index (χ1) is 11.4. The minimum atomic E-state index is -0.958. The molecule has 2 rings (SSSR count). The normalized spacial score (nSPS) is 10.7. The van der Waals surface area contributed by atoms with Gasteiger partial charge in [-0.2, -0.15) is 4.98 Å². The SMILES string of the molecule is Cc1cc(Nc2cccc(C(=O)O)c2)nc(NCCCN(C)C)n1. The molecule has 0 bridgehead atoms. The number of carbonyl (C=O) groups is 1. The van der Waals surface area contributed by atoms with Crippen LogP contribution in [0.3, 0.4) is 0 Å². The highest BCUT2D eigenvalue weighted by molar-refractivity contribution is 5.89. The van der Waals surface area contributed by atoms with Crippen LogP contribution in [0, 0.1) is 6.92 Å². The Bertz CT molecular complexity index is 703. The molecule has 0 saturated carbocycles. The van der Waals surface area contributed by atoms with Gasteiger partial charge in [0.25, 0.3) is 0 Å². The van der Waals surface area contributed by atoms with E-state index in [0.717, 1.165) is 25.2 Å².